The molecule has 0 aliphatic carbocycles. The molecule has 2 rings (SSSR count). The van der Waals surface area contributed by atoms with Crippen molar-refractivity contribution in [3.05, 3.63) is 34.4 Å². The summed E-state index contributed by atoms with van der Waals surface area (Å²) < 4.78 is 3.23. The van der Waals surface area contributed by atoms with Crippen LogP contribution in [0.15, 0.2) is 28.9 Å². The molecule has 0 fully saturated rings. The average Bonchev–Trinajstić information content (AvgIpc) is 2.57. The van der Waals surface area contributed by atoms with Crippen molar-refractivity contribution in [3.8, 4) is 0 Å². The first-order valence-corrected chi connectivity index (χ1v) is 6.24. The van der Waals surface area contributed by atoms with Crippen molar-refractivity contribution in [3.63, 3.8) is 0 Å². The molecule has 2 nitrogen and oxygen atoms in total. The van der Waals surface area contributed by atoms with Gasteiger partial charge in [0.2, 0.25) is 0 Å². The lowest BCUT2D eigenvalue weighted by Crippen LogP contribution is -2.14. The van der Waals surface area contributed by atoms with Gasteiger partial charge in [-0.05, 0) is 42.8 Å². The maximum Gasteiger partial charge on any atom is 0.0861 e. The van der Waals surface area contributed by atoms with Crippen LogP contribution < -0.4 is 0 Å². The van der Waals surface area contributed by atoms with Crippen LogP contribution in [0.3, 0.4) is 0 Å². The molecule has 16 heavy (non-hydrogen) atoms. The van der Waals surface area contributed by atoms with Gasteiger partial charge in [0.05, 0.1) is 11.1 Å². The minimum Gasteiger partial charge on any atom is -0.386 e. The Morgan fingerprint density at radius 2 is 2.06 bits per heavy atom. The normalized spacial score (nSPS) is 12.3. The van der Waals surface area contributed by atoms with E-state index in [-0.39, 0.29) is 0 Å². The van der Waals surface area contributed by atoms with Crippen molar-refractivity contribution >= 4 is 26.8 Å². The Hall–Kier alpha value is -0.800. The van der Waals surface area contributed by atoms with Crippen LogP contribution in [0, 0.1) is 0 Å². The highest BCUT2D eigenvalue weighted by atomic mass is 79.9. The summed E-state index contributed by atoms with van der Waals surface area (Å²) in [5.74, 6) is 0. The van der Waals surface area contributed by atoms with Crippen LogP contribution in [0.1, 0.15) is 26.3 Å². The summed E-state index contributed by atoms with van der Waals surface area (Å²) in [4.78, 5) is 0. The first-order valence-electron chi connectivity index (χ1n) is 5.45. The third kappa shape index (κ3) is 1.78. The summed E-state index contributed by atoms with van der Waals surface area (Å²) in [7, 11) is 0. The predicted molar refractivity (Wildman–Crippen MR) is 70.6 cm³/mol. The van der Waals surface area contributed by atoms with E-state index in [2.05, 4.69) is 33.5 Å². The van der Waals surface area contributed by atoms with Crippen molar-refractivity contribution in [2.75, 3.05) is 0 Å². The summed E-state index contributed by atoms with van der Waals surface area (Å²) in [5, 5.41) is 11.3. The molecular weight excluding hydrogens is 266 g/mol. The van der Waals surface area contributed by atoms with Gasteiger partial charge in [-0.25, -0.2) is 0 Å². The first kappa shape index (κ1) is 11.7. The van der Waals surface area contributed by atoms with Gasteiger partial charge in [0, 0.05) is 28.2 Å². The number of halogens is 1. The molecule has 2 aromatic rings. The number of para-hydroxylation sites is 1. The number of hydrogen-bond donors (Lipinski definition) is 1. The second-order valence-electron chi connectivity index (χ2n) is 4.52. The Morgan fingerprint density at radius 1 is 1.38 bits per heavy atom. The van der Waals surface area contributed by atoms with Gasteiger partial charge in [0.25, 0.3) is 0 Å². The van der Waals surface area contributed by atoms with Crippen LogP contribution in [0.5, 0.6) is 0 Å². The van der Waals surface area contributed by atoms with Gasteiger partial charge in [0.15, 0.2) is 0 Å². The zero-order chi connectivity index (χ0) is 11.9. The molecule has 0 saturated carbocycles. The topological polar surface area (TPSA) is 25.2 Å². The number of benzene rings is 1. The van der Waals surface area contributed by atoms with E-state index in [4.69, 9.17) is 0 Å². The third-order valence-corrected chi connectivity index (χ3v) is 3.49. The molecule has 0 bridgehead atoms. The Bertz CT molecular complexity index is 522. The van der Waals surface area contributed by atoms with Crippen LogP contribution in [0.2, 0.25) is 0 Å². The van der Waals surface area contributed by atoms with Gasteiger partial charge in [-0.15, -0.1) is 0 Å². The molecule has 0 aliphatic heterocycles. The smallest absolute Gasteiger partial charge is 0.0861 e. The van der Waals surface area contributed by atoms with E-state index in [1.165, 1.54) is 0 Å². The molecule has 1 N–H and O–H groups in total. The molecular formula is C13H16BrNO. The number of fused-ring (bicyclic) bond motifs is 1. The van der Waals surface area contributed by atoms with Gasteiger partial charge in [-0.3, -0.25) is 0 Å². The highest BCUT2D eigenvalue weighted by Crippen LogP contribution is 2.33. The van der Waals surface area contributed by atoms with Gasteiger partial charge < -0.3 is 9.67 Å². The molecule has 0 unspecified atom stereocenters. The van der Waals surface area contributed by atoms with Gasteiger partial charge >= 0.3 is 0 Å². The minimum absolute atomic E-state index is 0.806. The molecule has 0 spiro atoms. The fourth-order valence-corrected chi connectivity index (χ4v) is 2.65. The van der Waals surface area contributed by atoms with Crippen LogP contribution >= 0.6 is 15.9 Å². The zero-order valence-electron chi connectivity index (χ0n) is 9.79. The Kier molecular flexibility index (Phi) is 2.84. The summed E-state index contributed by atoms with van der Waals surface area (Å²) in [6, 6.07) is 6.09. The van der Waals surface area contributed by atoms with Gasteiger partial charge in [-0.2, -0.15) is 0 Å². The van der Waals surface area contributed by atoms with E-state index in [1.54, 1.807) is 0 Å². The van der Waals surface area contributed by atoms with Crippen LogP contribution in [0.25, 0.3) is 10.9 Å². The fraction of sp³-hybridized carbons (Fsp3) is 0.385. The monoisotopic (exact) mass is 281 g/mol. The maximum atomic E-state index is 10.2. The van der Waals surface area contributed by atoms with Gasteiger partial charge in [-0.1, -0.05) is 12.1 Å². The van der Waals surface area contributed by atoms with E-state index >= 15 is 0 Å². The van der Waals surface area contributed by atoms with E-state index in [1.807, 2.05) is 32.2 Å². The highest BCUT2D eigenvalue weighted by Gasteiger charge is 2.22. The minimum atomic E-state index is -0.806. The highest BCUT2D eigenvalue weighted by molar-refractivity contribution is 9.10. The molecule has 3 heteroatoms. The van der Waals surface area contributed by atoms with Crippen molar-refractivity contribution in [1.82, 2.24) is 4.57 Å². The zero-order valence-corrected chi connectivity index (χ0v) is 11.4. The molecule has 0 aliphatic rings. The maximum absolute atomic E-state index is 10.2. The van der Waals surface area contributed by atoms with Crippen LogP contribution in [-0.4, -0.2) is 9.67 Å². The molecule has 0 saturated heterocycles. The molecule has 86 valence electrons. The quantitative estimate of drug-likeness (QED) is 0.893. The number of aryl methyl sites for hydroxylation is 1. The molecule has 1 heterocycles. The number of hydrogen-bond acceptors (Lipinski definition) is 1. The van der Waals surface area contributed by atoms with Crippen LogP contribution in [-0.2, 0) is 12.1 Å². The second kappa shape index (κ2) is 3.90. The first-order chi connectivity index (χ1) is 7.45. The largest absolute Gasteiger partial charge is 0.386 e. The van der Waals surface area contributed by atoms with Crippen molar-refractivity contribution < 1.29 is 5.11 Å². The lowest BCUT2D eigenvalue weighted by molar-refractivity contribution is 0.0800. The number of aromatic nitrogens is 1. The number of nitrogens with zero attached hydrogens (tertiary/aromatic N) is 1. The summed E-state index contributed by atoms with van der Waals surface area (Å²) in [6.45, 7) is 6.65. The number of rotatable bonds is 2. The van der Waals surface area contributed by atoms with Crippen molar-refractivity contribution in [1.29, 1.82) is 0 Å². The summed E-state index contributed by atoms with van der Waals surface area (Å²) in [5.41, 5.74) is 1.33. The standard InChI is InChI=1S/C13H16BrNO/c1-4-15-8-10(13(2,3)16)9-6-5-7-11(14)12(9)15/h5-8,16H,4H2,1-3H3. The van der Waals surface area contributed by atoms with Crippen molar-refractivity contribution in [2.24, 2.45) is 0 Å². The van der Waals surface area contributed by atoms with E-state index in [0.717, 1.165) is 27.5 Å². The fourth-order valence-electron chi connectivity index (χ4n) is 2.05. The summed E-state index contributed by atoms with van der Waals surface area (Å²) >= 11 is 3.57. The molecule has 1 aromatic carbocycles. The molecule has 1 aromatic heterocycles. The van der Waals surface area contributed by atoms with Crippen LogP contribution in [0.4, 0.5) is 0 Å². The predicted octanol–water partition coefficient (Wildman–Crippen LogP) is 3.65. The van der Waals surface area contributed by atoms with Crippen molar-refractivity contribution in [2.45, 2.75) is 32.9 Å². The van der Waals surface area contributed by atoms with E-state index in [0.29, 0.717) is 0 Å². The molecule has 0 atom stereocenters. The second-order valence-corrected chi connectivity index (χ2v) is 5.38. The Balaban J connectivity index is 2.84. The Morgan fingerprint density at radius 3 is 2.62 bits per heavy atom. The van der Waals surface area contributed by atoms with Gasteiger partial charge in [0.1, 0.15) is 0 Å². The van der Waals surface area contributed by atoms with E-state index < -0.39 is 5.60 Å². The van der Waals surface area contributed by atoms with E-state index in [9.17, 15) is 5.11 Å². The third-order valence-electron chi connectivity index (χ3n) is 2.85. The average molecular weight is 282 g/mol. The lowest BCUT2D eigenvalue weighted by atomic mass is 9.98. The Labute approximate surface area is 104 Å². The SMILES string of the molecule is CCn1cc(C(C)(C)O)c2cccc(Br)c21. The summed E-state index contributed by atoms with van der Waals surface area (Å²) in [6.07, 6.45) is 2.04. The molecule has 0 amide bonds. The molecule has 0 radical (unpaired) electrons. The number of aliphatic hydroxyl groups is 1. The lowest BCUT2D eigenvalue weighted by Gasteiger charge is -2.16.